The highest BCUT2D eigenvalue weighted by atomic mass is 35.5. The summed E-state index contributed by atoms with van der Waals surface area (Å²) in [6.45, 7) is 4.14. The van der Waals surface area contributed by atoms with Crippen LogP contribution in [0.15, 0.2) is 18.2 Å². The first kappa shape index (κ1) is 12.3. The van der Waals surface area contributed by atoms with Crippen molar-refractivity contribution >= 4 is 29.0 Å². The van der Waals surface area contributed by atoms with Crippen LogP contribution in [0.3, 0.4) is 0 Å². The Morgan fingerprint density at radius 1 is 1.24 bits per heavy atom. The van der Waals surface area contributed by atoms with Crippen LogP contribution >= 0.6 is 23.2 Å². The van der Waals surface area contributed by atoms with Gasteiger partial charge in [0.15, 0.2) is 0 Å². The van der Waals surface area contributed by atoms with Gasteiger partial charge in [-0.3, -0.25) is 5.10 Å². The minimum absolute atomic E-state index is 0.290. The van der Waals surface area contributed by atoms with Gasteiger partial charge < -0.3 is 5.73 Å². The Balaban J connectivity index is 2.56. The number of nitrogens with zero attached hydrogens (tertiary/aromatic N) is 1. The van der Waals surface area contributed by atoms with Crippen molar-refractivity contribution in [3.05, 3.63) is 33.8 Å². The first-order chi connectivity index (χ1) is 8.00. The Labute approximate surface area is 110 Å². The predicted molar refractivity (Wildman–Crippen MR) is 72.5 cm³/mol. The molecule has 0 amide bonds. The Kier molecular flexibility index (Phi) is 3.31. The molecule has 0 unspecified atom stereocenters. The topological polar surface area (TPSA) is 54.7 Å². The zero-order valence-electron chi connectivity index (χ0n) is 9.59. The van der Waals surface area contributed by atoms with Crippen molar-refractivity contribution in [2.45, 2.75) is 19.8 Å². The summed E-state index contributed by atoms with van der Waals surface area (Å²) in [4.78, 5) is 0. The van der Waals surface area contributed by atoms with E-state index in [2.05, 4.69) is 24.0 Å². The summed E-state index contributed by atoms with van der Waals surface area (Å²) in [6, 6.07) is 5.47. The van der Waals surface area contributed by atoms with Gasteiger partial charge in [-0.05, 0) is 18.1 Å². The van der Waals surface area contributed by atoms with Crippen LogP contribution in [0.5, 0.6) is 0 Å². The van der Waals surface area contributed by atoms with Crippen molar-refractivity contribution in [3.8, 4) is 11.3 Å². The molecule has 0 fully saturated rings. The smallest absolute Gasteiger partial charge is 0.149 e. The van der Waals surface area contributed by atoms with E-state index >= 15 is 0 Å². The summed E-state index contributed by atoms with van der Waals surface area (Å²) in [5, 5.41) is 8.04. The summed E-state index contributed by atoms with van der Waals surface area (Å²) in [6.07, 6.45) is 0. The second kappa shape index (κ2) is 4.59. The van der Waals surface area contributed by atoms with Crippen molar-refractivity contribution in [1.82, 2.24) is 10.2 Å². The molecule has 0 atom stereocenters. The summed E-state index contributed by atoms with van der Waals surface area (Å²) in [5.41, 5.74) is 8.69. The molecule has 1 aromatic carbocycles. The zero-order valence-corrected chi connectivity index (χ0v) is 11.1. The molecule has 2 aromatic rings. The molecule has 2 rings (SSSR count). The number of nitrogens with one attached hydrogen (secondary N) is 1. The minimum atomic E-state index is 0.290. The first-order valence-corrected chi connectivity index (χ1v) is 6.05. The largest absolute Gasteiger partial charge is 0.382 e. The second-order valence-electron chi connectivity index (χ2n) is 4.18. The van der Waals surface area contributed by atoms with E-state index < -0.39 is 0 Å². The molecule has 0 aliphatic rings. The average Bonchev–Trinajstić information content (AvgIpc) is 2.64. The van der Waals surface area contributed by atoms with Gasteiger partial charge in [0.2, 0.25) is 0 Å². The molecule has 0 spiro atoms. The van der Waals surface area contributed by atoms with E-state index in [1.807, 2.05) is 12.1 Å². The maximum Gasteiger partial charge on any atom is 0.149 e. The number of rotatable bonds is 2. The maximum absolute atomic E-state index is 6.00. The number of nitrogen functional groups attached to an aromatic ring is 1. The third kappa shape index (κ3) is 2.26. The van der Waals surface area contributed by atoms with Crippen LogP contribution in [0.4, 0.5) is 5.82 Å². The summed E-state index contributed by atoms with van der Waals surface area (Å²) in [7, 11) is 0. The number of hydrogen-bond donors (Lipinski definition) is 2. The molecule has 3 N–H and O–H groups in total. The number of aromatic amines is 1. The SMILES string of the molecule is CC(C)c1c(N)n[nH]c1-c1ccc(Cl)c(Cl)c1. The fourth-order valence-electron chi connectivity index (χ4n) is 1.82. The Morgan fingerprint density at radius 3 is 2.53 bits per heavy atom. The number of nitrogens with two attached hydrogens (primary N) is 1. The third-order valence-electron chi connectivity index (χ3n) is 2.62. The number of anilines is 1. The van der Waals surface area contributed by atoms with Crippen LogP contribution in [0.25, 0.3) is 11.3 Å². The van der Waals surface area contributed by atoms with Crippen LogP contribution in [0.2, 0.25) is 10.0 Å². The molecule has 0 bridgehead atoms. The highest BCUT2D eigenvalue weighted by Gasteiger charge is 2.16. The van der Waals surface area contributed by atoms with Gasteiger partial charge in [-0.2, -0.15) is 5.10 Å². The summed E-state index contributed by atoms with van der Waals surface area (Å²) < 4.78 is 0. The van der Waals surface area contributed by atoms with Gasteiger partial charge in [-0.25, -0.2) is 0 Å². The van der Waals surface area contributed by atoms with Crippen molar-refractivity contribution < 1.29 is 0 Å². The van der Waals surface area contributed by atoms with Crippen LogP contribution in [-0.4, -0.2) is 10.2 Å². The average molecular weight is 270 g/mol. The summed E-state index contributed by atoms with van der Waals surface area (Å²) >= 11 is 11.9. The van der Waals surface area contributed by atoms with Crippen LogP contribution in [0.1, 0.15) is 25.3 Å². The summed E-state index contributed by atoms with van der Waals surface area (Å²) in [5.74, 6) is 0.819. The Bertz CT molecular complexity index is 547. The van der Waals surface area contributed by atoms with Gasteiger partial charge in [0.1, 0.15) is 5.82 Å². The molecule has 0 saturated carbocycles. The zero-order chi connectivity index (χ0) is 12.6. The van der Waals surface area contributed by atoms with Gasteiger partial charge in [0.25, 0.3) is 0 Å². The van der Waals surface area contributed by atoms with Crippen molar-refractivity contribution in [1.29, 1.82) is 0 Å². The molecular weight excluding hydrogens is 257 g/mol. The number of H-pyrrole nitrogens is 1. The lowest BCUT2D eigenvalue weighted by molar-refractivity contribution is 0.873. The second-order valence-corrected chi connectivity index (χ2v) is 5.00. The van der Waals surface area contributed by atoms with E-state index in [-0.39, 0.29) is 0 Å². The molecule has 3 nitrogen and oxygen atoms in total. The number of hydrogen-bond acceptors (Lipinski definition) is 2. The predicted octanol–water partition coefficient (Wildman–Crippen LogP) is 4.09. The molecule has 1 aromatic heterocycles. The standard InChI is InChI=1S/C12H13Cl2N3/c1-6(2)10-11(16-17-12(10)15)7-3-4-8(13)9(14)5-7/h3-6H,1-2H3,(H3,15,16,17). The molecule has 0 saturated heterocycles. The Hall–Kier alpha value is -1.19. The fourth-order valence-corrected chi connectivity index (χ4v) is 2.12. The maximum atomic E-state index is 6.00. The van der Waals surface area contributed by atoms with Gasteiger partial charge in [0, 0.05) is 11.1 Å². The van der Waals surface area contributed by atoms with Crippen molar-refractivity contribution in [3.63, 3.8) is 0 Å². The first-order valence-electron chi connectivity index (χ1n) is 5.30. The van der Waals surface area contributed by atoms with Gasteiger partial charge in [-0.1, -0.05) is 43.1 Å². The molecule has 0 aliphatic carbocycles. The van der Waals surface area contributed by atoms with Crippen LogP contribution in [-0.2, 0) is 0 Å². The van der Waals surface area contributed by atoms with Crippen molar-refractivity contribution in [2.75, 3.05) is 5.73 Å². The van der Waals surface area contributed by atoms with E-state index in [9.17, 15) is 0 Å². The number of halogens is 2. The molecule has 1 heterocycles. The van der Waals surface area contributed by atoms with E-state index in [0.717, 1.165) is 16.8 Å². The van der Waals surface area contributed by atoms with E-state index in [1.165, 1.54) is 0 Å². The lowest BCUT2D eigenvalue weighted by Crippen LogP contribution is -1.95. The van der Waals surface area contributed by atoms with Gasteiger partial charge in [-0.15, -0.1) is 0 Å². The van der Waals surface area contributed by atoms with Crippen LogP contribution in [0, 0.1) is 0 Å². The minimum Gasteiger partial charge on any atom is -0.382 e. The third-order valence-corrected chi connectivity index (χ3v) is 3.36. The van der Waals surface area contributed by atoms with Gasteiger partial charge >= 0.3 is 0 Å². The van der Waals surface area contributed by atoms with Gasteiger partial charge in [0.05, 0.1) is 15.7 Å². The molecule has 0 aliphatic heterocycles. The normalized spacial score (nSPS) is 11.1. The lowest BCUT2D eigenvalue weighted by atomic mass is 9.99. The Morgan fingerprint density at radius 2 is 1.94 bits per heavy atom. The lowest BCUT2D eigenvalue weighted by Gasteiger charge is -2.08. The molecule has 5 heteroatoms. The number of benzene rings is 1. The highest BCUT2D eigenvalue weighted by molar-refractivity contribution is 6.42. The fraction of sp³-hybridized carbons (Fsp3) is 0.250. The molecule has 17 heavy (non-hydrogen) atoms. The van der Waals surface area contributed by atoms with Crippen molar-refractivity contribution in [2.24, 2.45) is 0 Å². The molecule has 90 valence electrons. The molecule has 0 radical (unpaired) electrons. The monoisotopic (exact) mass is 269 g/mol. The van der Waals surface area contributed by atoms with Crippen LogP contribution < -0.4 is 5.73 Å². The quantitative estimate of drug-likeness (QED) is 0.863. The molecular formula is C12H13Cl2N3. The van der Waals surface area contributed by atoms with E-state index in [4.69, 9.17) is 28.9 Å². The van der Waals surface area contributed by atoms with E-state index in [1.54, 1.807) is 6.07 Å². The number of aromatic nitrogens is 2. The highest BCUT2D eigenvalue weighted by Crippen LogP contribution is 2.34. The van der Waals surface area contributed by atoms with E-state index in [0.29, 0.717) is 21.8 Å².